The van der Waals surface area contributed by atoms with Gasteiger partial charge in [0.1, 0.15) is 23.9 Å². The van der Waals surface area contributed by atoms with E-state index in [-0.39, 0.29) is 35.2 Å². The molecule has 2 aromatic carbocycles. The topological polar surface area (TPSA) is 79.7 Å². The molecule has 0 spiro atoms. The SMILES string of the molecule is COc1ccc(-n2nc(C(C)(C)C)c3c2N(CC(=O)NCCN2CCCC2)C(=O)CSC3c2cccc(F)c2)cc1. The Hall–Kier alpha value is -3.37. The molecule has 218 valence electrons. The van der Waals surface area contributed by atoms with Crippen molar-refractivity contribution in [2.45, 2.75) is 44.3 Å². The summed E-state index contributed by atoms with van der Waals surface area (Å²) in [5.41, 5.74) is 2.69. The molecule has 0 saturated carbocycles. The van der Waals surface area contributed by atoms with Gasteiger partial charge < -0.3 is 15.0 Å². The van der Waals surface area contributed by atoms with Crippen molar-refractivity contribution in [1.29, 1.82) is 0 Å². The third kappa shape index (κ3) is 6.43. The second kappa shape index (κ2) is 12.2. The van der Waals surface area contributed by atoms with E-state index in [9.17, 15) is 14.0 Å². The summed E-state index contributed by atoms with van der Waals surface area (Å²) in [6.07, 6.45) is 2.38. The van der Waals surface area contributed by atoms with Gasteiger partial charge in [-0.15, -0.1) is 11.8 Å². The van der Waals surface area contributed by atoms with Crippen LogP contribution in [0, 0.1) is 5.82 Å². The smallest absolute Gasteiger partial charge is 0.240 e. The van der Waals surface area contributed by atoms with Crippen LogP contribution in [0.5, 0.6) is 5.75 Å². The molecule has 2 amide bonds. The van der Waals surface area contributed by atoms with Gasteiger partial charge in [-0.3, -0.25) is 14.5 Å². The second-order valence-electron chi connectivity index (χ2n) is 11.6. The number of halogens is 1. The average Bonchev–Trinajstić information content (AvgIpc) is 3.58. The van der Waals surface area contributed by atoms with Crippen molar-refractivity contribution in [2.75, 3.05) is 50.5 Å². The Bertz CT molecular complexity index is 1400. The molecule has 1 atom stereocenters. The quantitative estimate of drug-likeness (QED) is 0.417. The number of carbonyl (C=O) groups is 2. The lowest BCUT2D eigenvalue weighted by Gasteiger charge is -2.25. The van der Waals surface area contributed by atoms with Crippen molar-refractivity contribution < 1.29 is 18.7 Å². The number of likely N-dealkylation sites (tertiary alicyclic amines) is 1. The number of ether oxygens (including phenoxy) is 1. The first-order chi connectivity index (χ1) is 19.7. The zero-order chi connectivity index (χ0) is 29.1. The maximum atomic E-state index is 14.5. The first-order valence-electron chi connectivity index (χ1n) is 14.1. The van der Waals surface area contributed by atoms with Crippen molar-refractivity contribution >= 4 is 29.4 Å². The number of aromatic nitrogens is 2. The van der Waals surface area contributed by atoms with Crippen LogP contribution in [0.15, 0.2) is 48.5 Å². The fraction of sp³-hybridized carbons (Fsp3) is 0.452. The predicted molar refractivity (Wildman–Crippen MR) is 161 cm³/mol. The van der Waals surface area contributed by atoms with E-state index in [1.807, 2.05) is 30.3 Å². The van der Waals surface area contributed by atoms with Gasteiger partial charge in [-0.1, -0.05) is 32.9 Å². The van der Waals surface area contributed by atoms with Crippen LogP contribution in [0.25, 0.3) is 5.69 Å². The third-order valence-electron chi connectivity index (χ3n) is 7.52. The number of fused-ring (bicyclic) bond motifs is 1. The highest BCUT2D eigenvalue weighted by Gasteiger charge is 2.40. The van der Waals surface area contributed by atoms with Crippen molar-refractivity contribution in [3.05, 3.63) is 71.2 Å². The molecule has 10 heteroatoms. The fourth-order valence-electron chi connectivity index (χ4n) is 5.47. The maximum absolute atomic E-state index is 14.5. The van der Waals surface area contributed by atoms with Crippen molar-refractivity contribution in [3.63, 3.8) is 0 Å². The van der Waals surface area contributed by atoms with Gasteiger partial charge in [0.15, 0.2) is 0 Å². The standard InChI is InChI=1S/C31H38FN5O3S/c1-31(2,3)29-27-28(21-8-7-9-22(32)18-21)41-20-26(39)36(19-25(38)33-14-17-35-15-5-6-16-35)30(27)37(34-29)23-10-12-24(40-4)13-11-23/h7-13,18,28H,5-6,14-17,19-20H2,1-4H3,(H,33,38). The second-order valence-corrected chi connectivity index (χ2v) is 12.7. The zero-order valence-electron chi connectivity index (χ0n) is 24.2. The van der Waals surface area contributed by atoms with E-state index in [2.05, 4.69) is 31.0 Å². The molecule has 0 bridgehead atoms. The number of hydrogen-bond donors (Lipinski definition) is 1. The van der Waals surface area contributed by atoms with Gasteiger partial charge in [0.25, 0.3) is 0 Å². The maximum Gasteiger partial charge on any atom is 0.240 e. The van der Waals surface area contributed by atoms with Crippen molar-refractivity contribution in [3.8, 4) is 11.4 Å². The van der Waals surface area contributed by atoms with E-state index in [1.54, 1.807) is 22.8 Å². The minimum Gasteiger partial charge on any atom is -0.497 e. The van der Waals surface area contributed by atoms with Crippen LogP contribution in [-0.4, -0.2) is 72.1 Å². The molecular weight excluding hydrogens is 541 g/mol. The molecule has 3 aromatic rings. The van der Waals surface area contributed by atoms with E-state index in [1.165, 1.54) is 36.7 Å². The van der Waals surface area contributed by atoms with Crippen molar-refractivity contribution in [1.82, 2.24) is 20.0 Å². The summed E-state index contributed by atoms with van der Waals surface area (Å²) < 4.78 is 21.6. The summed E-state index contributed by atoms with van der Waals surface area (Å²) in [7, 11) is 1.61. The predicted octanol–water partition coefficient (Wildman–Crippen LogP) is 4.70. The number of methoxy groups -OCH3 is 1. The summed E-state index contributed by atoms with van der Waals surface area (Å²) in [5.74, 6) is 0.621. The van der Waals surface area contributed by atoms with Gasteiger partial charge in [0.2, 0.25) is 11.8 Å². The summed E-state index contributed by atoms with van der Waals surface area (Å²) in [5, 5.41) is 7.73. The van der Waals surface area contributed by atoms with E-state index in [0.717, 1.165) is 42.1 Å². The van der Waals surface area contributed by atoms with Gasteiger partial charge in [-0.2, -0.15) is 5.10 Å². The molecule has 1 N–H and O–H groups in total. The molecule has 0 aliphatic carbocycles. The lowest BCUT2D eigenvalue weighted by atomic mass is 9.87. The molecule has 5 rings (SSSR count). The molecular formula is C31H38FN5O3S. The summed E-state index contributed by atoms with van der Waals surface area (Å²) >= 11 is 1.44. The molecule has 2 aliphatic rings. The number of benzene rings is 2. The van der Waals surface area contributed by atoms with Crippen LogP contribution in [0.3, 0.4) is 0 Å². The highest BCUT2D eigenvalue weighted by molar-refractivity contribution is 8.00. The highest BCUT2D eigenvalue weighted by Crippen LogP contribution is 2.48. The molecule has 41 heavy (non-hydrogen) atoms. The highest BCUT2D eigenvalue weighted by atomic mass is 32.2. The van der Waals surface area contributed by atoms with Gasteiger partial charge >= 0.3 is 0 Å². The average molecular weight is 580 g/mol. The van der Waals surface area contributed by atoms with Crippen LogP contribution < -0.4 is 15.0 Å². The van der Waals surface area contributed by atoms with Gasteiger partial charge in [-0.05, 0) is 67.9 Å². The summed E-state index contributed by atoms with van der Waals surface area (Å²) in [6.45, 7) is 9.52. The van der Waals surface area contributed by atoms with E-state index < -0.39 is 5.41 Å². The number of nitrogens with one attached hydrogen (secondary N) is 1. The molecule has 3 heterocycles. The summed E-state index contributed by atoms with van der Waals surface area (Å²) in [6, 6.07) is 13.9. The number of amides is 2. The number of thioether (sulfide) groups is 1. The number of carbonyl (C=O) groups excluding carboxylic acids is 2. The van der Waals surface area contributed by atoms with E-state index in [0.29, 0.717) is 18.1 Å². The number of anilines is 1. The monoisotopic (exact) mass is 579 g/mol. The number of rotatable bonds is 8. The molecule has 1 saturated heterocycles. The third-order valence-corrected chi connectivity index (χ3v) is 8.77. The number of nitrogens with zero attached hydrogens (tertiary/aromatic N) is 4. The van der Waals surface area contributed by atoms with Gasteiger partial charge in [0, 0.05) is 24.1 Å². The molecule has 1 fully saturated rings. The summed E-state index contributed by atoms with van der Waals surface area (Å²) in [4.78, 5) is 30.9. The fourth-order valence-corrected chi connectivity index (χ4v) is 6.66. The Morgan fingerprint density at radius 3 is 2.54 bits per heavy atom. The van der Waals surface area contributed by atoms with Crippen molar-refractivity contribution in [2.24, 2.45) is 0 Å². The zero-order valence-corrected chi connectivity index (χ0v) is 25.0. The lowest BCUT2D eigenvalue weighted by molar-refractivity contribution is -0.122. The minimum atomic E-state index is -0.398. The Morgan fingerprint density at radius 1 is 1.15 bits per heavy atom. The molecule has 8 nitrogen and oxygen atoms in total. The van der Waals surface area contributed by atoms with E-state index in [4.69, 9.17) is 9.84 Å². The van der Waals surface area contributed by atoms with Crippen LogP contribution in [0.4, 0.5) is 10.2 Å². The van der Waals surface area contributed by atoms with Crippen LogP contribution >= 0.6 is 11.8 Å². The number of hydrogen-bond acceptors (Lipinski definition) is 6. The van der Waals surface area contributed by atoms with Crippen LogP contribution in [-0.2, 0) is 15.0 Å². The Labute approximate surface area is 245 Å². The normalized spacial score (nSPS) is 17.8. The Morgan fingerprint density at radius 2 is 1.88 bits per heavy atom. The Balaban J connectivity index is 1.60. The molecule has 0 radical (unpaired) electrons. The minimum absolute atomic E-state index is 0.131. The van der Waals surface area contributed by atoms with Crippen LogP contribution in [0.2, 0.25) is 0 Å². The van der Waals surface area contributed by atoms with Gasteiger partial charge in [-0.25, -0.2) is 9.07 Å². The molecule has 2 aliphatic heterocycles. The van der Waals surface area contributed by atoms with Crippen LogP contribution in [0.1, 0.15) is 55.7 Å². The Kier molecular flexibility index (Phi) is 8.70. The first-order valence-corrected chi connectivity index (χ1v) is 15.1. The first kappa shape index (κ1) is 29.1. The lowest BCUT2D eigenvalue weighted by Crippen LogP contribution is -2.44. The molecule has 1 aromatic heterocycles. The van der Waals surface area contributed by atoms with E-state index >= 15 is 0 Å². The molecule has 1 unspecified atom stereocenters. The van der Waals surface area contributed by atoms with Gasteiger partial charge in [0.05, 0.1) is 29.5 Å². The largest absolute Gasteiger partial charge is 0.497 e.